The van der Waals surface area contributed by atoms with Crippen LogP contribution in [0, 0.1) is 16.7 Å². The molecule has 1 saturated heterocycles. The van der Waals surface area contributed by atoms with Crippen LogP contribution in [-0.4, -0.2) is 39.9 Å². The van der Waals surface area contributed by atoms with Gasteiger partial charge in [0.1, 0.15) is 4.32 Å². The Morgan fingerprint density at radius 1 is 0.903 bits per heavy atom. The molecule has 5 nitrogen and oxygen atoms in total. The molecule has 3 aliphatic rings. The number of allylic oxidation sites excluding steroid dienone is 2. The SMILES string of the molecule is CC12C(=O)C(C)(C(c3ccccc3)=C1c1ccccc1)C1(Br)C(=O)N(CCN)C(=O)C21. The van der Waals surface area contributed by atoms with E-state index >= 15 is 0 Å². The molecule has 1 aliphatic heterocycles. The molecule has 4 atom stereocenters. The van der Waals surface area contributed by atoms with Crippen molar-refractivity contribution in [3.8, 4) is 0 Å². The van der Waals surface area contributed by atoms with E-state index in [-0.39, 0.29) is 30.7 Å². The molecule has 2 N–H and O–H groups in total. The van der Waals surface area contributed by atoms with Crippen LogP contribution in [0.4, 0.5) is 0 Å². The minimum absolute atomic E-state index is 0.0892. The number of rotatable bonds is 4. The highest BCUT2D eigenvalue weighted by molar-refractivity contribution is 9.10. The number of halogens is 1. The van der Waals surface area contributed by atoms with Crippen molar-refractivity contribution in [3.63, 3.8) is 0 Å². The zero-order chi connectivity index (χ0) is 22.2. The van der Waals surface area contributed by atoms with Crippen LogP contribution in [0.15, 0.2) is 60.7 Å². The van der Waals surface area contributed by atoms with Gasteiger partial charge in [-0.25, -0.2) is 0 Å². The van der Waals surface area contributed by atoms with Crippen molar-refractivity contribution in [1.82, 2.24) is 4.90 Å². The Kier molecular flexibility index (Phi) is 4.24. The molecule has 6 heteroatoms. The fourth-order valence-corrected chi connectivity index (χ4v) is 7.45. The van der Waals surface area contributed by atoms with Gasteiger partial charge in [-0.1, -0.05) is 76.6 Å². The standard InChI is InChI=1S/C25H23BrN2O3/c1-23-17(15-9-5-3-6-10-15)18(16-11-7-4-8-12-16)24(2,21(23)30)25(26)19(23)20(29)28(14-13-27)22(25)31/h3-12,19H,13-14,27H2,1-2H3. The lowest BCUT2D eigenvalue weighted by Crippen LogP contribution is -2.51. The summed E-state index contributed by atoms with van der Waals surface area (Å²) < 4.78 is -1.33. The summed E-state index contributed by atoms with van der Waals surface area (Å²) >= 11 is 3.71. The van der Waals surface area contributed by atoms with Gasteiger partial charge in [0, 0.05) is 13.1 Å². The van der Waals surface area contributed by atoms with Gasteiger partial charge >= 0.3 is 0 Å². The van der Waals surface area contributed by atoms with Gasteiger partial charge in [-0.15, -0.1) is 0 Å². The van der Waals surface area contributed by atoms with Gasteiger partial charge in [-0.3, -0.25) is 19.3 Å². The Bertz CT molecular complexity index is 1160. The summed E-state index contributed by atoms with van der Waals surface area (Å²) in [6.45, 7) is 3.97. The van der Waals surface area contributed by atoms with Gasteiger partial charge in [0.05, 0.1) is 16.7 Å². The van der Waals surface area contributed by atoms with E-state index in [4.69, 9.17) is 5.73 Å². The predicted molar refractivity (Wildman–Crippen MR) is 122 cm³/mol. The average Bonchev–Trinajstić information content (AvgIpc) is 3.16. The van der Waals surface area contributed by atoms with Crippen LogP contribution >= 0.6 is 15.9 Å². The topological polar surface area (TPSA) is 80.5 Å². The van der Waals surface area contributed by atoms with E-state index in [1.165, 1.54) is 4.90 Å². The molecule has 2 aromatic rings. The Morgan fingerprint density at radius 2 is 1.42 bits per heavy atom. The summed E-state index contributed by atoms with van der Waals surface area (Å²) in [7, 11) is 0. The van der Waals surface area contributed by atoms with Crippen molar-refractivity contribution in [2.75, 3.05) is 13.1 Å². The summed E-state index contributed by atoms with van der Waals surface area (Å²) in [4.78, 5) is 42.5. The van der Waals surface area contributed by atoms with Crippen LogP contribution in [0.1, 0.15) is 25.0 Å². The number of amides is 2. The second kappa shape index (κ2) is 6.47. The molecule has 2 bridgehead atoms. The lowest BCUT2D eigenvalue weighted by Gasteiger charge is -2.41. The number of carbonyl (C=O) groups excluding carboxylic acids is 3. The first-order valence-corrected chi connectivity index (χ1v) is 11.2. The number of ketones is 1. The molecule has 2 aromatic carbocycles. The fraction of sp³-hybridized carbons (Fsp3) is 0.320. The number of fused-ring (bicyclic) bond motifs is 5. The predicted octanol–water partition coefficient (Wildman–Crippen LogP) is 3.28. The third-order valence-electron chi connectivity index (χ3n) is 7.44. The number of imide groups is 1. The Labute approximate surface area is 189 Å². The first-order chi connectivity index (χ1) is 14.8. The molecule has 158 valence electrons. The minimum atomic E-state index is -1.33. The Morgan fingerprint density at radius 3 is 1.94 bits per heavy atom. The summed E-state index contributed by atoms with van der Waals surface area (Å²) in [6, 6.07) is 19.4. The quantitative estimate of drug-likeness (QED) is 0.539. The number of nitrogens with zero attached hydrogens (tertiary/aromatic N) is 1. The van der Waals surface area contributed by atoms with E-state index in [0.29, 0.717) is 0 Å². The molecule has 5 rings (SSSR count). The van der Waals surface area contributed by atoms with Crippen molar-refractivity contribution in [1.29, 1.82) is 0 Å². The monoisotopic (exact) mass is 478 g/mol. The molecule has 0 radical (unpaired) electrons. The first-order valence-electron chi connectivity index (χ1n) is 10.4. The van der Waals surface area contributed by atoms with Gasteiger partial charge in [0.2, 0.25) is 11.8 Å². The van der Waals surface area contributed by atoms with Crippen LogP contribution in [-0.2, 0) is 14.4 Å². The molecule has 4 unspecified atom stereocenters. The highest BCUT2D eigenvalue weighted by Gasteiger charge is 2.85. The lowest BCUT2D eigenvalue weighted by atomic mass is 9.63. The fourth-order valence-electron chi connectivity index (χ4n) is 6.20. The number of benzene rings is 2. The van der Waals surface area contributed by atoms with Crippen molar-refractivity contribution in [2.45, 2.75) is 18.2 Å². The van der Waals surface area contributed by atoms with Gasteiger partial charge in [0.15, 0.2) is 5.78 Å². The number of nitrogens with two attached hydrogens (primary N) is 1. The van der Waals surface area contributed by atoms with Crippen LogP contribution in [0.3, 0.4) is 0 Å². The van der Waals surface area contributed by atoms with E-state index in [1.807, 2.05) is 74.5 Å². The first kappa shape index (κ1) is 20.3. The van der Waals surface area contributed by atoms with Crippen LogP contribution in [0.2, 0.25) is 0 Å². The van der Waals surface area contributed by atoms with E-state index in [0.717, 1.165) is 22.3 Å². The molecule has 2 fully saturated rings. The van der Waals surface area contributed by atoms with E-state index in [2.05, 4.69) is 15.9 Å². The number of alkyl halides is 1. The molecule has 2 aliphatic carbocycles. The summed E-state index contributed by atoms with van der Waals surface area (Å²) in [5.74, 6) is -1.60. The van der Waals surface area contributed by atoms with Gasteiger partial charge in [-0.2, -0.15) is 0 Å². The van der Waals surface area contributed by atoms with E-state index < -0.39 is 21.1 Å². The average molecular weight is 479 g/mol. The largest absolute Gasteiger partial charge is 0.329 e. The van der Waals surface area contributed by atoms with Crippen LogP contribution in [0.5, 0.6) is 0 Å². The molecular formula is C25H23BrN2O3. The maximum atomic E-state index is 14.1. The molecule has 31 heavy (non-hydrogen) atoms. The third-order valence-corrected chi connectivity index (χ3v) is 9.03. The summed E-state index contributed by atoms with van der Waals surface area (Å²) in [6.07, 6.45) is 0. The van der Waals surface area contributed by atoms with Gasteiger partial charge < -0.3 is 5.73 Å². The normalized spacial score (nSPS) is 34.1. The molecule has 0 spiro atoms. The molecule has 1 heterocycles. The number of carbonyl (C=O) groups is 3. The van der Waals surface area contributed by atoms with Crippen molar-refractivity contribution >= 4 is 44.7 Å². The van der Waals surface area contributed by atoms with E-state index in [9.17, 15) is 14.4 Å². The smallest absolute Gasteiger partial charge is 0.248 e. The zero-order valence-corrected chi connectivity index (χ0v) is 19.0. The summed E-state index contributed by atoms with van der Waals surface area (Å²) in [5, 5.41) is 0. The van der Waals surface area contributed by atoms with Crippen molar-refractivity contribution in [3.05, 3.63) is 71.8 Å². The minimum Gasteiger partial charge on any atom is -0.329 e. The number of likely N-dealkylation sites (tertiary alicyclic amines) is 1. The van der Waals surface area contributed by atoms with E-state index in [1.54, 1.807) is 0 Å². The second-order valence-electron chi connectivity index (χ2n) is 8.87. The van der Waals surface area contributed by atoms with Crippen LogP contribution < -0.4 is 5.73 Å². The van der Waals surface area contributed by atoms with Gasteiger partial charge in [-0.05, 0) is 36.1 Å². The van der Waals surface area contributed by atoms with Crippen LogP contribution in [0.25, 0.3) is 11.1 Å². The Balaban J connectivity index is 1.88. The molecule has 0 aromatic heterocycles. The molecule has 1 saturated carbocycles. The molecule has 2 amide bonds. The zero-order valence-electron chi connectivity index (χ0n) is 17.4. The maximum absolute atomic E-state index is 14.1. The summed E-state index contributed by atoms with van der Waals surface area (Å²) in [5.41, 5.74) is 6.80. The maximum Gasteiger partial charge on any atom is 0.248 e. The molecular weight excluding hydrogens is 456 g/mol. The van der Waals surface area contributed by atoms with Crippen molar-refractivity contribution in [2.24, 2.45) is 22.5 Å². The highest BCUT2D eigenvalue weighted by atomic mass is 79.9. The lowest BCUT2D eigenvalue weighted by molar-refractivity contribution is -0.144. The number of Topliss-reactive ketones (excluding diaryl/α,β-unsaturated/α-hetero) is 1. The van der Waals surface area contributed by atoms with Gasteiger partial charge in [0.25, 0.3) is 0 Å². The number of hydrogen-bond acceptors (Lipinski definition) is 4. The Hall–Kier alpha value is -2.57. The highest BCUT2D eigenvalue weighted by Crippen LogP contribution is 2.77. The van der Waals surface area contributed by atoms with Crippen molar-refractivity contribution < 1.29 is 14.4 Å². The third kappa shape index (κ3) is 2.12. The number of hydrogen-bond donors (Lipinski definition) is 1. The second-order valence-corrected chi connectivity index (χ2v) is 10.1.